The molecule has 0 fully saturated rings. The van der Waals surface area contributed by atoms with E-state index in [1.165, 1.54) is 10.8 Å². The summed E-state index contributed by atoms with van der Waals surface area (Å²) in [6.45, 7) is 1.90. The summed E-state index contributed by atoms with van der Waals surface area (Å²) < 4.78 is 1.69. The Morgan fingerprint density at radius 3 is 2.95 bits per heavy atom. The van der Waals surface area contributed by atoms with E-state index in [4.69, 9.17) is 23.8 Å². The largest absolute Gasteiger partial charge is 0.316 e. The van der Waals surface area contributed by atoms with Crippen LogP contribution in [0, 0.1) is 11.7 Å². The number of halogens is 1. The zero-order valence-corrected chi connectivity index (χ0v) is 11.5. The minimum Gasteiger partial charge on any atom is -0.316 e. The first kappa shape index (κ1) is 12.1. The number of H-pyrrole nitrogens is 2. The van der Waals surface area contributed by atoms with Crippen LogP contribution < -0.4 is 5.56 Å². The summed E-state index contributed by atoms with van der Waals surface area (Å²) in [5.41, 5.74) is 1.86. The van der Waals surface area contributed by atoms with Crippen molar-refractivity contribution in [1.82, 2.24) is 19.7 Å². The molecule has 0 aliphatic heterocycles. The van der Waals surface area contributed by atoms with Crippen LogP contribution in [0.1, 0.15) is 5.56 Å². The highest BCUT2D eigenvalue weighted by Gasteiger charge is 2.09. The molecule has 1 aromatic carbocycles. The predicted octanol–water partition coefficient (Wildman–Crippen LogP) is 2.73. The van der Waals surface area contributed by atoms with Gasteiger partial charge in [-0.05, 0) is 36.8 Å². The van der Waals surface area contributed by atoms with Crippen molar-refractivity contribution < 1.29 is 0 Å². The molecule has 0 aliphatic rings. The SMILES string of the molecule is Cc1ccc(-n2c(=S)[nH]c3[nH]ncc3c2=O)cc1Cl. The second kappa shape index (κ2) is 4.32. The Balaban J connectivity index is 2.38. The molecule has 3 aromatic rings. The minimum atomic E-state index is -0.229. The average Bonchev–Trinajstić information content (AvgIpc) is 2.82. The quantitative estimate of drug-likeness (QED) is 0.678. The van der Waals surface area contributed by atoms with Crippen LogP contribution in [0.4, 0.5) is 0 Å². The Hall–Kier alpha value is -1.92. The van der Waals surface area contributed by atoms with Crippen LogP contribution in [-0.2, 0) is 0 Å². The summed E-state index contributed by atoms with van der Waals surface area (Å²) in [6.07, 6.45) is 1.47. The second-order valence-electron chi connectivity index (χ2n) is 4.16. The van der Waals surface area contributed by atoms with Gasteiger partial charge >= 0.3 is 0 Å². The molecule has 0 saturated carbocycles. The monoisotopic (exact) mass is 292 g/mol. The number of aromatic amines is 2. The van der Waals surface area contributed by atoms with Gasteiger partial charge in [0, 0.05) is 5.02 Å². The lowest BCUT2D eigenvalue weighted by Crippen LogP contribution is -2.20. The van der Waals surface area contributed by atoms with Crippen molar-refractivity contribution in [3.63, 3.8) is 0 Å². The van der Waals surface area contributed by atoms with Gasteiger partial charge < -0.3 is 4.98 Å². The van der Waals surface area contributed by atoms with Gasteiger partial charge in [-0.25, -0.2) is 0 Å². The number of aryl methyl sites for hydroxylation is 1. The summed E-state index contributed by atoms with van der Waals surface area (Å²) in [4.78, 5) is 15.3. The van der Waals surface area contributed by atoms with Crippen molar-refractivity contribution in [2.75, 3.05) is 0 Å². The fourth-order valence-corrected chi connectivity index (χ4v) is 2.34. The van der Waals surface area contributed by atoms with Crippen LogP contribution in [-0.4, -0.2) is 19.7 Å². The Bertz CT molecular complexity index is 893. The summed E-state index contributed by atoms with van der Waals surface area (Å²) >= 11 is 11.3. The number of fused-ring (bicyclic) bond motifs is 1. The summed E-state index contributed by atoms with van der Waals surface area (Å²) in [5.74, 6) is 0. The van der Waals surface area contributed by atoms with Crippen molar-refractivity contribution in [3.05, 3.63) is 50.1 Å². The van der Waals surface area contributed by atoms with Gasteiger partial charge in [0.25, 0.3) is 5.56 Å². The van der Waals surface area contributed by atoms with E-state index < -0.39 is 0 Å². The number of nitrogens with zero attached hydrogens (tertiary/aromatic N) is 2. The zero-order valence-electron chi connectivity index (χ0n) is 9.90. The third-order valence-corrected chi connectivity index (χ3v) is 3.61. The summed E-state index contributed by atoms with van der Waals surface area (Å²) in [5, 5.41) is 7.55. The average molecular weight is 293 g/mol. The van der Waals surface area contributed by atoms with Gasteiger partial charge in [0.2, 0.25) is 0 Å². The number of nitrogens with one attached hydrogen (secondary N) is 2. The molecule has 96 valence electrons. The van der Waals surface area contributed by atoms with Gasteiger partial charge in [0.1, 0.15) is 11.0 Å². The fourth-order valence-electron chi connectivity index (χ4n) is 1.87. The minimum absolute atomic E-state index is 0.229. The van der Waals surface area contributed by atoms with Crippen molar-refractivity contribution in [3.8, 4) is 5.69 Å². The Morgan fingerprint density at radius 1 is 1.42 bits per heavy atom. The maximum Gasteiger partial charge on any atom is 0.270 e. The molecule has 0 spiro atoms. The molecule has 0 saturated heterocycles. The number of hydrogen-bond donors (Lipinski definition) is 2. The van der Waals surface area contributed by atoms with Crippen molar-refractivity contribution >= 4 is 34.9 Å². The lowest BCUT2D eigenvalue weighted by Gasteiger charge is -2.07. The first-order chi connectivity index (χ1) is 9.08. The van der Waals surface area contributed by atoms with Gasteiger partial charge in [-0.1, -0.05) is 17.7 Å². The molecular weight excluding hydrogens is 284 g/mol. The standard InChI is InChI=1S/C12H9ClN4OS/c1-6-2-3-7(4-9(6)13)17-11(18)8-5-14-16-10(8)15-12(17)19/h2-5H,1H3,(H2,14,15,16,19). The van der Waals surface area contributed by atoms with E-state index in [9.17, 15) is 4.79 Å². The Kier molecular flexibility index (Phi) is 2.76. The lowest BCUT2D eigenvalue weighted by atomic mass is 10.2. The molecule has 0 radical (unpaired) electrons. The first-order valence-corrected chi connectivity index (χ1v) is 6.31. The maximum atomic E-state index is 12.4. The molecule has 2 N–H and O–H groups in total. The molecule has 3 rings (SSSR count). The second-order valence-corrected chi connectivity index (χ2v) is 4.96. The van der Waals surface area contributed by atoms with Gasteiger partial charge in [0.05, 0.1) is 11.9 Å². The lowest BCUT2D eigenvalue weighted by molar-refractivity contribution is 0.934. The van der Waals surface area contributed by atoms with E-state index in [0.29, 0.717) is 26.5 Å². The molecule has 0 atom stereocenters. The van der Waals surface area contributed by atoms with Crippen molar-refractivity contribution in [2.24, 2.45) is 0 Å². The van der Waals surface area contributed by atoms with Crippen molar-refractivity contribution in [2.45, 2.75) is 6.92 Å². The molecule has 0 amide bonds. The van der Waals surface area contributed by atoms with E-state index in [-0.39, 0.29) is 5.56 Å². The number of hydrogen-bond acceptors (Lipinski definition) is 3. The third-order valence-electron chi connectivity index (χ3n) is 2.92. The van der Waals surface area contributed by atoms with Crippen LogP contribution in [0.25, 0.3) is 16.7 Å². The topological polar surface area (TPSA) is 66.5 Å². The highest BCUT2D eigenvalue weighted by molar-refractivity contribution is 7.71. The van der Waals surface area contributed by atoms with Crippen LogP contribution in [0.5, 0.6) is 0 Å². The molecule has 0 bridgehead atoms. The molecule has 7 heteroatoms. The first-order valence-electron chi connectivity index (χ1n) is 5.53. The van der Waals surface area contributed by atoms with E-state index in [0.717, 1.165) is 5.56 Å². The van der Waals surface area contributed by atoms with Crippen LogP contribution in [0.15, 0.2) is 29.2 Å². The van der Waals surface area contributed by atoms with Gasteiger partial charge in [-0.3, -0.25) is 14.5 Å². The molecule has 2 heterocycles. The van der Waals surface area contributed by atoms with Crippen LogP contribution in [0.3, 0.4) is 0 Å². The Morgan fingerprint density at radius 2 is 2.21 bits per heavy atom. The molecule has 0 unspecified atom stereocenters. The van der Waals surface area contributed by atoms with Crippen molar-refractivity contribution in [1.29, 1.82) is 0 Å². The van der Waals surface area contributed by atoms with Gasteiger partial charge in [0.15, 0.2) is 4.77 Å². The highest BCUT2D eigenvalue weighted by Crippen LogP contribution is 2.19. The Labute approximate surface area is 117 Å². The third kappa shape index (κ3) is 1.89. The van der Waals surface area contributed by atoms with E-state index in [1.54, 1.807) is 12.1 Å². The summed E-state index contributed by atoms with van der Waals surface area (Å²) in [7, 11) is 0. The van der Waals surface area contributed by atoms with Gasteiger partial charge in [-0.2, -0.15) is 5.10 Å². The van der Waals surface area contributed by atoms with E-state index in [1.807, 2.05) is 13.0 Å². The fraction of sp³-hybridized carbons (Fsp3) is 0.0833. The smallest absolute Gasteiger partial charge is 0.270 e. The highest BCUT2D eigenvalue weighted by atomic mass is 35.5. The van der Waals surface area contributed by atoms with Crippen LogP contribution >= 0.6 is 23.8 Å². The number of rotatable bonds is 1. The maximum absolute atomic E-state index is 12.4. The molecular formula is C12H9ClN4OS. The van der Waals surface area contributed by atoms with Crippen LogP contribution in [0.2, 0.25) is 5.02 Å². The number of benzene rings is 1. The molecule has 5 nitrogen and oxygen atoms in total. The zero-order chi connectivity index (χ0) is 13.6. The molecule has 2 aromatic heterocycles. The number of aromatic nitrogens is 4. The molecule has 0 aliphatic carbocycles. The van der Waals surface area contributed by atoms with E-state index >= 15 is 0 Å². The molecule has 19 heavy (non-hydrogen) atoms. The van der Waals surface area contributed by atoms with Gasteiger partial charge in [-0.15, -0.1) is 0 Å². The summed E-state index contributed by atoms with van der Waals surface area (Å²) in [6, 6.07) is 5.37. The normalized spacial score (nSPS) is 11.1. The predicted molar refractivity (Wildman–Crippen MR) is 76.6 cm³/mol. The van der Waals surface area contributed by atoms with E-state index in [2.05, 4.69) is 15.2 Å².